The van der Waals surface area contributed by atoms with E-state index in [0.717, 1.165) is 17.9 Å². The summed E-state index contributed by atoms with van der Waals surface area (Å²) >= 11 is 0. The molecule has 15 heavy (non-hydrogen) atoms. The van der Waals surface area contributed by atoms with E-state index in [4.69, 9.17) is 7.85 Å². The largest absolute Gasteiger partial charge is 0.299 e. The van der Waals surface area contributed by atoms with E-state index in [1.165, 1.54) is 31.5 Å². The summed E-state index contributed by atoms with van der Waals surface area (Å²) < 4.78 is 0. The number of piperidine rings is 1. The van der Waals surface area contributed by atoms with Gasteiger partial charge in [-0.05, 0) is 37.4 Å². The van der Waals surface area contributed by atoms with Crippen molar-refractivity contribution in [1.82, 2.24) is 4.90 Å². The molecule has 0 bridgehead atoms. The first-order valence-corrected chi connectivity index (χ1v) is 5.81. The Morgan fingerprint density at radius 1 is 1.33 bits per heavy atom. The standard InChI is InChI=1S/C13H18BN/c1-11-5-7-15(8-6-11)10-12-3-2-4-13(14)9-12/h2-4,9,11H,5-8,10H2,1H3. The fraction of sp³-hybridized carbons (Fsp3) is 0.538. The van der Waals surface area contributed by atoms with E-state index in [1.807, 2.05) is 12.1 Å². The third kappa shape index (κ3) is 3.10. The average Bonchev–Trinajstić information content (AvgIpc) is 2.22. The van der Waals surface area contributed by atoms with Crippen LogP contribution >= 0.6 is 0 Å². The highest BCUT2D eigenvalue weighted by Crippen LogP contribution is 2.17. The predicted molar refractivity (Wildman–Crippen MR) is 65.5 cm³/mol. The molecule has 1 aromatic carbocycles. The first-order chi connectivity index (χ1) is 7.24. The van der Waals surface area contributed by atoms with Crippen LogP contribution in [-0.4, -0.2) is 25.8 Å². The molecule has 1 nitrogen and oxygen atoms in total. The number of benzene rings is 1. The molecule has 2 heteroatoms. The van der Waals surface area contributed by atoms with Gasteiger partial charge in [-0.25, -0.2) is 0 Å². The van der Waals surface area contributed by atoms with Gasteiger partial charge in [0.1, 0.15) is 7.85 Å². The van der Waals surface area contributed by atoms with Gasteiger partial charge in [-0.1, -0.05) is 36.7 Å². The molecule has 1 heterocycles. The Kier molecular flexibility index (Phi) is 3.47. The summed E-state index contributed by atoms with van der Waals surface area (Å²) in [6.45, 7) is 5.86. The highest BCUT2D eigenvalue weighted by molar-refractivity contribution is 6.32. The van der Waals surface area contributed by atoms with Crippen LogP contribution in [0.5, 0.6) is 0 Å². The van der Waals surface area contributed by atoms with Gasteiger partial charge in [0.2, 0.25) is 0 Å². The van der Waals surface area contributed by atoms with Crippen molar-refractivity contribution in [1.29, 1.82) is 0 Å². The first kappa shape index (κ1) is 10.8. The minimum Gasteiger partial charge on any atom is -0.299 e. The number of hydrogen-bond donors (Lipinski definition) is 0. The maximum absolute atomic E-state index is 5.77. The minimum absolute atomic E-state index is 0.873. The van der Waals surface area contributed by atoms with Gasteiger partial charge < -0.3 is 0 Å². The number of rotatable bonds is 2. The maximum atomic E-state index is 5.77. The van der Waals surface area contributed by atoms with Crippen LogP contribution in [0.15, 0.2) is 24.3 Å². The molecule has 2 rings (SSSR count). The molecule has 2 radical (unpaired) electrons. The topological polar surface area (TPSA) is 3.24 Å². The van der Waals surface area contributed by atoms with Crippen molar-refractivity contribution in [3.8, 4) is 0 Å². The van der Waals surface area contributed by atoms with Gasteiger partial charge in [-0.2, -0.15) is 0 Å². The second-order valence-corrected chi connectivity index (χ2v) is 4.70. The van der Waals surface area contributed by atoms with E-state index in [2.05, 4.69) is 24.0 Å². The van der Waals surface area contributed by atoms with Gasteiger partial charge >= 0.3 is 0 Å². The Morgan fingerprint density at radius 3 is 2.73 bits per heavy atom. The number of hydrogen-bond acceptors (Lipinski definition) is 1. The molecule has 1 aliphatic heterocycles. The van der Waals surface area contributed by atoms with E-state index in [0.29, 0.717) is 0 Å². The predicted octanol–water partition coefficient (Wildman–Crippen LogP) is 1.71. The van der Waals surface area contributed by atoms with E-state index >= 15 is 0 Å². The van der Waals surface area contributed by atoms with E-state index in [-0.39, 0.29) is 0 Å². The lowest BCUT2D eigenvalue weighted by molar-refractivity contribution is 0.185. The zero-order valence-corrected chi connectivity index (χ0v) is 9.45. The van der Waals surface area contributed by atoms with Crippen LogP contribution in [0.2, 0.25) is 0 Å². The molecule has 1 aliphatic rings. The third-order valence-corrected chi connectivity index (χ3v) is 3.23. The first-order valence-electron chi connectivity index (χ1n) is 5.81. The van der Waals surface area contributed by atoms with E-state index in [9.17, 15) is 0 Å². The van der Waals surface area contributed by atoms with Gasteiger partial charge in [-0.15, -0.1) is 0 Å². The highest BCUT2D eigenvalue weighted by Gasteiger charge is 2.15. The summed E-state index contributed by atoms with van der Waals surface area (Å²) in [7, 11) is 5.77. The summed E-state index contributed by atoms with van der Waals surface area (Å²) in [5.41, 5.74) is 2.21. The molecule has 0 aromatic heterocycles. The van der Waals surface area contributed by atoms with Crippen LogP contribution < -0.4 is 5.46 Å². The van der Waals surface area contributed by atoms with Crippen molar-refractivity contribution < 1.29 is 0 Å². The summed E-state index contributed by atoms with van der Waals surface area (Å²) in [5.74, 6) is 0.905. The molecule has 1 fully saturated rings. The molecule has 1 saturated heterocycles. The van der Waals surface area contributed by atoms with E-state index < -0.39 is 0 Å². The molecular formula is C13H18BN. The second kappa shape index (κ2) is 4.85. The number of likely N-dealkylation sites (tertiary alicyclic amines) is 1. The Labute approximate surface area is 93.9 Å². The summed E-state index contributed by atoms with van der Waals surface area (Å²) in [4.78, 5) is 2.52. The van der Waals surface area contributed by atoms with Gasteiger partial charge in [0.15, 0.2) is 0 Å². The summed E-state index contributed by atoms with van der Waals surface area (Å²) in [5, 5.41) is 0. The second-order valence-electron chi connectivity index (χ2n) is 4.70. The van der Waals surface area contributed by atoms with Gasteiger partial charge in [0, 0.05) is 6.54 Å². The van der Waals surface area contributed by atoms with Crippen LogP contribution in [-0.2, 0) is 6.54 Å². The van der Waals surface area contributed by atoms with Crippen molar-refractivity contribution in [2.45, 2.75) is 26.3 Å². The smallest absolute Gasteiger partial charge is 0.113 e. The maximum Gasteiger partial charge on any atom is 0.113 e. The third-order valence-electron chi connectivity index (χ3n) is 3.23. The zero-order chi connectivity index (χ0) is 10.7. The molecule has 0 atom stereocenters. The monoisotopic (exact) mass is 199 g/mol. The van der Waals surface area contributed by atoms with Crippen molar-refractivity contribution in [2.24, 2.45) is 5.92 Å². The molecule has 78 valence electrons. The van der Waals surface area contributed by atoms with Crippen LogP contribution in [0.4, 0.5) is 0 Å². The molecule has 0 amide bonds. The lowest BCUT2D eigenvalue weighted by Crippen LogP contribution is -2.32. The fourth-order valence-corrected chi connectivity index (χ4v) is 2.17. The molecule has 0 N–H and O–H groups in total. The van der Waals surface area contributed by atoms with Crippen LogP contribution in [0.1, 0.15) is 25.3 Å². The van der Waals surface area contributed by atoms with E-state index in [1.54, 1.807) is 0 Å². The van der Waals surface area contributed by atoms with Crippen LogP contribution in [0.3, 0.4) is 0 Å². The zero-order valence-electron chi connectivity index (χ0n) is 9.45. The van der Waals surface area contributed by atoms with Gasteiger partial charge in [-0.3, -0.25) is 4.90 Å². The quantitative estimate of drug-likeness (QED) is 0.655. The Hall–Kier alpha value is -0.755. The molecular weight excluding hydrogens is 181 g/mol. The number of nitrogens with zero attached hydrogens (tertiary/aromatic N) is 1. The van der Waals surface area contributed by atoms with Crippen molar-refractivity contribution in [3.63, 3.8) is 0 Å². The Morgan fingerprint density at radius 2 is 2.07 bits per heavy atom. The average molecular weight is 199 g/mol. The molecule has 0 saturated carbocycles. The van der Waals surface area contributed by atoms with Crippen molar-refractivity contribution >= 4 is 13.3 Å². The highest BCUT2D eigenvalue weighted by atomic mass is 15.1. The van der Waals surface area contributed by atoms with Crippen molar-refractivity contribution in [2.75, 3.05) is 13.1 Å². The summed E-state index contributed by atoms with van der Waals surface area (Å²) in [6, 6.07) is 8.23. The van der Waals surface area contributed by atoms with Gasteiger partial charge in [0.05, 0.1) is 0 Å². The SMILES string of the molecule is [B]c1cccc(CN2CCC(C)CC2)c1. The van der Waals surface area contributed by atoms with Crippen LogP contribution in [0.25, 0.3) is 0 Å². The molecule has 0 aliphatic carbocycles. The lowest BCUT2D eigenvalue weighted by atomic mass is 9.94. The lowest BCUT2D eigenvalue weighted by Gasteiger charge is -2.30. The van der Waals surface area contributed by atoms with Crippen LogP contribution in [0, 0.1) is 5.92 Å². The Balaban J connectivity index is 1.92. The summed E-state index contributed by atoms with van der Waals surface area (Å²) in [6.07, 6.45) is 2.67. The fourth-order valence-electron chi connectivity index (χ4n) is 2.17. The normalized spacial score (nSPS) is 19.3. The molecule has 0 spiro atoms. The molecule has 1 aromatic rings. The minimum atomic E-state index is 0.873. The molecule has 0 unspecified atom stereocenters. The Bertz CT molecular complexity index is 316. The van der Waals surface area contributed by atoms with Crippen molar-refractivity contribution in [3.05, 3.63) is 29.8 Å². The van der Waals surface area contributed by atoms with Gasteiger partial charge in [0.25, 0.3) is 0 Å².